The van der Waals surface area contributed by atoms with Gasteiger partial charge in [0, 0.05) is 19.8 Å². The second-order valence-electron chi connectivity index (χ2n) is 4.50. The molecule has 0 saturated heterocycles. The minimum atomic E-state index is -0.647. The minimum absolute atomic E-state index is 0.149. The van der Waals surface area contributed by atoms with E-state index in [1.807, 2.05) is 0 Å². The highest BCUT2D eigenvalue weighted by Crippen LogP contribution is 2.18. The molecule has 0 N–H and O–H groups in total. The smallest absolute Gasteiger partial charge is 0.255 e. The maximum atomic E-state index is 13.6. The largest absolute Gasteiger partial charge is 0.494 e. The number of hydrogen-bond donors (Lipinski definition) is 0. The van der Waals surface area contributed by atoms with Gasteiger partial charge in [-0.05, 0) is 29.8 Å². The molecule has 0 aliphatic heterocycles. The molecule has 0 fully saturated rings. The molecule has 1 amide bonds. The highest BCUT2D eigenvalue weighted by Gasteiger charge is 2.13. The quantitative estimate of drug-likeness (QED) is 0.814. The van der Waals surface area contributed by atoms with E-state index >= 15 is 0 Å². The highest BCUT2D eigenvalue weighted by molar-refractivity contribution is 5.93. The molecule has 110 valence electrons. The molecule has 0 spiro atoms. The molecule has 0 bridgehead atoms. The Bertz CT molecular complexity index is 645. The van der Waals surface area contributed by atoms with Crippen LogP contribution in [0.4, 0.5) is 8.78 Å². The lowest BCUT2D eigenvalue weighted by Gasteiger charge is -2.17. The van der Waals surface area contributed by atoms with Crippen molar-refractivity contribution in [2.24, 2.45) is 0 Å². The second kappa shape index (κ2) is 6.30. The number of carbonyl (C=O) groups excluding carboxylic acids is 1. The predicted molar refractivity (Wildman–Crippen MR) is 72.9 cm³/mol. The summed E-state index contributed by atoms with van der Waals surface area (Å²) in [5, 5.41) is 0. The number of amides is 1. The Hall–Kier alpha value is -2.50. The van der Waals surface area contributed by atoms with Crippen molar-refractivity contribution >= 4 is 5.91 Å². The lowest BCUT2D eigenvalue weighted by atomic mass is 10.2. The van der Waals surface area contributed by atoms with Crippen LogP contribution < -0.4 is 4.74 Å². The Balaban J connectivity index is 2.10. The number of ether oxygens (including phenoxy) is 1. The maximum Gasteiger partial charge on any atom is 0.255 e. The van der Waals surface area contributed by atoms with Crippen molar-refractivity contribution in [2.45, 2.75) is 6.54 Å². The third-order valence-electron chi connectivity index (χ3n) is 2.96. The minimum Gasteiger partial charge on any atom is -0.494 e. The van der Waals surface area contributed by atoms with Gasteiger partial charge in [-0.2, -0.15) is 4.39 Å². The molecule has 1 aromatic carbocycles. The standard InChI is InChI=1S/C15H14F2N2O2/c1-19(15(20)11-4-6-14(17)18-8-11)9-10-3-5-13(21-2)12(16)7-10/h3-8H,9H2,1-2H3. The molecule has 4 nitrogen and oxygen atoms in total. The van der Waals surface area contributed by atoms with Gasteiger partial charge in [-0.15, -0.1) is 0 Å². The van der Waals surface area contributed by atoms with Crippen LogP contribution in [0.2, 0.25) is 0 Å². The summed E-state index contributed by atoms with van der Waals surface area (Å²) < 4.78 is 31.1. The van der Waals surface area contributed by atoms with Crippen molar-refractivity contribution in [2.75, 3.05) is 14.2 Å². The fourth-order valence-corrected chi connectivity index (χ4v) is 1.88. The Kier molecular flexibility index (Phi) is 4.47. The molecule has 6 heteroatoms. The van der Waals surface area contributed by atoms with Gasteiger partial charge in [0.2, 0.25) is 5.95 Å². The highest BCUT2D eigenvalue weighted by atomic mass is 19.1. The number of aromatic nitrogens is 1. The van der Waals surface area contributed by atoms with Crippen molar-refractivity contribution in [1.29, 1.82) is 0 Å². The SMILES string of the molecule is COc1ccc(CN(C)C(=O)c2ccc(F)nc2)cc1F. The number of pyridine rings is 1. The zero-order chi connectivity index (χ0) is 15.4. The van der Waals surface area contributed by atoms with Crippen LogP contribution in [0.1, 0.15) is 15.9 Å². The monoisotopic (exact) mass is 292 g/mol. The fraction of sp³-hybridized carbons (Fsp3) is 0.200. The van der Waals surface area contributed by atoms with E-state index in [-0.39, 0.29) is 23.8 Å². The lowest BCUT2D eigenvalue weighted by molar-refractivity contribution is 0.0784. The van der Waals surface area contributed by atoms with E-state index in [1.165, 1.54) is 36.4 Å². The maximum absolute atomic E-state index is 13.6. The topological polar surface area (TPSA) is 42.4 Å². The first-order chi connectivity index (χ1) is 10.0. The van der Waals surface area contributed by atoms with Gasteiger partial charge >= 0.3 is 0 Å². The summed E-state index contributed by atoms with van der Waals surface area (Å²) in [4.78, 5) is 16.9. The number of hydrogen-bond acceptors (Lipinski definition) is 3. The molecule has 0 radical (unpaired) electrons. The van der Waals surface area contributed by atoms with Gasteiger partial charge in [-0.1, -0.05) is 6.07 Å². The van der Waals surface area contributed by atoms with Crippen molar-refractivity contribution in [3.63, 3.8) is 0 Å². The first-order valence-electron chi connectivity index (χ1n) is 6.20. The molecule has 0 atom stereocenters. The summed E-state index contributed by atoms with van der Waals surface area (Å²) >= 11 is 0. The Labute approximate surface area is 121 Å². The average molecular weight is 292 g/mol. The van der Waals surface area contributed by atoms with Gasteiger partial charge in [-0.3, -0.25) is 4.79 Å². The van der Waals surface area contributed by atoms with Crippen LogP contribution in [-0.2, 0) is 6.54 Å². The van der Waals surface area contributed by atoms with Gasteiger partial charge in [0.05, 0.1) is 12.7 Å². The number of halogens is 2. The molecular formula is C15H14F2N2O2. The van der Waals surface area contributed by atoms with Crippen LogP contribution in [0.15, 0.2) is 36.5 Å². The van der Waals surface area contributed by atoms with Crippen LogP contribution in [0.5, 0.6) is 5.75 Å². The normalized spacial score (nSPS) is 10.3. The third kappa shape index (κ3) is 3.53. The van der Waals surface area contributed by atoms with Crippen LogP contribution >= 0.6 is 0 Å². The van der Waals surface area contributed by atoms with Crippen molar-refractivity contribution in [3.05, 3.63) is 59.4 Å². The molecule has 2 rings (SSSR count). The third-order valence-corrected chi connectivity index (χ3v) is 2.96. The lowest BCUT2D eigenvalue weighted by Crippen LogP contribution is -2.26. The summed E-state index contributed by atoms with van der Waals surface area (Å²) in [7, 11) is 2.96. The first kappa shape index (κ1) is 14.9. The molecule has 21 heavy (non-hydrogen) atoms. The Morgan fingerprint density at radius 2 is 2.05 bits per heavy atom. The molecule has 0 aliphatic rings. The number of carbonyl (C=O) groups is 1. The summed E-state index contributed by atoms with van der Waals surface area (Å²) in [6.07, 6.45) is 1.17. The Morgan fingerprint density at radius 1 is 1.29 bits per heavy atom. The van der Waals surface area contributed by atoms with Gasteiger partial charge in [0.1, 0.15) is 0 Å². The average Bonchev–Trinajstić information content (AvgIpc) is 2.47. The molecule has 2 aromatic rings. The zero-order valence-corrected chi connectivity index (χ0v) is 11.6. The van der Waals surface area contributed by atoms with Crippen LogP contribution in [0.3, 0.4) is 0 Å². The molecular weight excluding hydrogens is 278 g/mol. The summed E-state index contributed by atoms with van der Waals surface area (Å²) in [6.45, 7) is 0.219. The second-order valence-corrected chi connectivity index (χ2v) is 4.50. The van der Waals surface area contributed by atoms with Gasteiger partial charge in [-0.25, -0.2) is 9.37 Å². The van der Waals surface area contributed by atoms with Gasteiger partial charge < -0.3 is 9.64 Å². The van der Waals surface area contributed by atoms with E-state index < -0.39 is 11.8 Å². The Morgan fingerprint density at radius 3 is 2.62 bits per heavy atom. The summed E-state index contributed by atoms with van der Waals surface area (Å²) in [6, 6.07) is 6.96. The summed E-state index contributed by atoms with van der Waals surface area (Å²) in [5.41, 5.74) is 0.895. The van der Waals surface area contributed by atoms with Crippen molar-refractivity contribution < 1.29 is 18.3 Å². The molecule has 1 aromatic heterocycles. The van der Waals surface area contributed by atoms with Crippen molar-refractivity contribution in [3.8, 4) is 5.75 Å². The van der Waals surface area contributed by atoms with E-state index in [0.717, 1.165) is 6.07 Å². The van der Waals surface area contributed by atoms with E-state index in [2.05, 4.69) is 4.98 Å². The van der Waals surface area contributed by atoms with E-state index in [9.17, 15) is 13.6 Å². The van der Waals surface area contributed by atoms with Gasteiger partial charge in [0.15, 0.2) is 11.6 Å². The van der Waals surface area contributed by atoms with E-state index in [0.29, 0.717) is 5.56 Å². The van der Waals surface area contributed by atoms with Crippen LogP contribution in [-0.4, -0.2) is 29.9 Å². The molecule has 0 unspecified atom stereocenters. The number of benzene rings is 1. The number of rotatable bonds is 4. The van der Waals surface area contributed by atoms with Crippen molar-refractivity contribution in [1.82, 2.24) is 9.88 Å². The first-order valence-corrected chi connectivity index (χ1v) is 6.20. The van der Waals surface area contributed by atoms with Crippen LogP contribution in [0, 0.1) is 11.8 Å². The predicted octanol–water partition coefficient (Wildman–Crippen LogP) is 2.64. The van der Waals surface area contributed by atoms with E-state index in [1.54, 1.807) is 13.1 Å². The number of nitrogens with zero attached hydrogens (tertiary/aromatic N) is 2. The summed E-state index contributed by atoms with van der Waals surface area (Å²) in [5.74, 6) is -1.31. The fourth-order valence-electron chi connectivity index (χ4n) is 1.88. The molecule has 0 aliphatic carbocycles. The molecule has 0 saturated carbocycles. The van der Waals surface area contributed by atoms with Gasteiger partial charge in [0.25, 0.3) is 5.91 Å². The van der Waals surface area contributed by atoms with Crippen LogP contribution in [0.25, 0.3) is 0 Å². The zero-order valence-electron chi connectivity index (χ0n) is 11.6. The number of methoxy groups -OCH3 is 1. The van der Waals surface area contributed by atoms with E-state index in [4.69, 9.17) is 4.74 Å². The molecule has 1 heterocycles.